The number of benzene rings is 1. The van der Waals surface area contributed by atoms with Gasteiger partial charge in [0.1, 0.15) is 18.9 Å². The first-order valence-electron chi connectivity index (χ1n) is 7.60. The van der Waals surface area contributed by atoms with Crippen LogP contribution in [0.5, 0.6) is 5.75 Å². The van der Waals surface area contributed by atoms with Crippen LogP contribution in [-0.2, 0) is 16.1 Å². The molecule has 0 saturated heterocycles. The number of ether oxygens (including phenoxy) is 2. The fourth-order valence-electron chi connectivity index (χ4n) is 2.16. The fraction of sp³-hybridized carbons (Fsp3) is 0.176. The molecular weight excluding hydrogens is 358 g/mol. The maximum absolute atomic E-state index is 12.0. The number of amides is 1. The smallest absolute Gasteiger partial charge is 0.325 e. The van der Waals surface area contributed by atoms with Gasteiger partial charge in [-0.15, -0.1) is 11.3 Å². The van der Waals surface area contributed by atoms with Crippen molar-refractivity contribution in [1.82, 2.24) is 14.7 Å². The van der Waals surface area contributed by atoms with Gasteiger partial charge in [-0.25, -0.2) is 4.98 Å². The molecule has 3 rings (SSSR count). The Morgan fingerprint density at radius 2 is 2.04 bits per heavy atom. The summed E-state index contributed by atoms with van der Waals surface area (Å²) in [7, 11) is 1.53. The molecule has 1 N–H and O–H groups in total. The Kier molecular flexibility index (Phi) is 5.28. The number of thiazole rings is 1. The summed E-state index contributed by atoms with van der Waals surface area (Å²) in [5.41, 5.74) is 0.513. The lowest BCUT2D eigenvalue weighted by atomic mass is 10.2. The minimum atomic E-state index is -0.625. The Bertz CT molecular complexity index is 994. The average molecular weight is 373 g/mol. The molecule has 0 aliphatic rings. The van der Waals surface area contributed by atoms with Crippen LogP contribution in [0.1, 0.15) is 16.1 Å². The molecule has 1 aromatic carbocycles. The highest BCUT2D eigenvalue weighted by atomic mass is 32.1. The summed E-state index contributed by atoms with van der Waals surface area (Å²) in [4.78, 5) is 40.4. The van der Waals surface area contributed by atoms with E-state index in [1.807, 2.05) is 0 Å². The molecule has 0 aliphatic carbocycles. The van der Waals surface area contributed by atoms with Gasteiger partial charge >= 0.3 is 5.97 Å². The van der Waals surface area contributed by atoms with Crippen molar-refractivity contribution in [2.75, 3.05) is 13.7 Å². The standard InChI is InChI=1S/C17H15N3O5S/c1-24-13-4-2-11(3-5-13)16(23)18-9-15(22)25-10-12-8-14(21)20-6-7-26-17(20)19-12/h2-8H,9-10H2,1H3,(H,18,23). The Morgan fingerprint density at radius 3 is 2.77 bits per heavy atom. The first-order chi connectivity index (χ1) is 12.6. The van der Waals surface area contributed by atoms with Gasteiger partial charge < -0.3 is 14.8 Å². The summed E-state index contributed by atoms with van der Waals surface area (Å²) in [6.45, 7) is -0.425. The zero-order valence-electron chi connectivity index (χ0n) is 13.8. The topological polar surface area (TPSA) is 99.0 Å². The number of esters is 1. The Morgan fingerprint density at radius 1 is 1.27 bits per heavy atom. The second-order valence-electron chi connectivity index (χ2n) is 5.21. The van der Waals surface area contributed by atoms with Crippen molar-refractivity contribution in [1.29, 1.82) is 0 Å². The lowest BCUT2D eigenvalue weighted by Crippen LogP contribution is -2.30. The molecule has 0 atom stereocenters. The summed E-state index contributed by atoms with van der Waals surface area (Å²) in [6, 6.07) is 7.79. The van der Waals surface area contributed by atoms with E-state index in [-0.39, 0.29) is 18.7 Å². The quantitative estimate of drug-likeness (QED) is 0.653. The Hall–Kier alpha value is -3.20. The first kappa shape index (κ1) is 17.6. The van der Waals surface area contributed by atoms with Gasteiger partial charge in [0.05, 0.1) is 12.8 Å². The predicted octanol–water partition coefficient (Wildman–Crippen LogP) is 1.24. The number of carbonyl (C=O) groups excluding carboxylic acids is 2. The molecular formula is C17H15N3O5S. The van der Waals surface area contributed by atoms with Crippen molar-refractivity contribution in [3.63, 3.8) is 0 Å². The van der Waals surface area contributed by atoms with Crippen LogP contribution < -0.4 is 15.6 Å². The van der Waals surface area contributed by atoms with Gasteiger partial charge in [0, 0.05) is 23.2 Å². The number of aromatic nitrogens is 2. The van der Waals surface area contributed by atoms with Crippen LogP contribution in [0.15, 0.2) is 46.7 Å². The van der Waals surface area contributed by atoms with Crippen LogP contribution >= 0.6 is 11.3 Å². The maximum atomic E-state index is 12.0. The molecule has 0 aliphatic heterocycles. The minimum absolute atomic E-state index is 0.138. The molecule has 0 radical (unpaired) electrons. The van der Waals surface area contributed by atoms with Crippen molar-refractivity contribution in [3.05, 3.63) is 63.5 Å². The predicted molar refractivity (Wildman–Crippen MR) is 94.5 cm³/mol. The van der Waals surface area contributed by atoms with Crippen molar-refractivity contribution in [2.45, 2.75) is 6.61 Å². The van der Waals surface area contributed by atoms with Crippen LogP contribution in [-0.4, -0.2) is 34.9 Å². The first-order valence-corrected chi connectivity index (χ1v) is 8.48. The lowest BCUT2D eigenvalue weighted by molar-refractivity contribution is -0.143. The van der Waals surface area contributed by atoms with Crippen molar-refractivity contribution in [2.24, 2.45) is 0 Å². The molecule has 8 nitrogen and oxygen atoms in total. The number of nitrogens with zero attached hydrogens (tertiary/aromatic N) is 2. The molecule has 26 heavy (non-hydrogen) atoms. The molecule has 134 valence electrons. The fourth-order valence-corrected chi connectivity index (χ4v) is 2.90. The van der Waals surface area contributed by atoms with Crippen molar-refractivity contribution in [3.8, 4) is 5.75 Å². The zero-order valence-corrected chi connectivity index (χ0v) is 14.6. The average Bonchev–Trinajstić information content (AvgIpc) is 3.13. The van der Waals surface area contributed by atoms with Crippen molar-refractivity contribution >= 4 is 28.2 Å². The summed E-state index contributed by atoms with van der Waals surface area (Å²) in [5.74, 6) is -0.395. The summed E-state index contributed by atoms with van der Waals surface area (Å²) < 4.78 is 11.5. The molecule has 3 aromatic rings. The third kappa shape index (κ3) is 4.06. The second kappa shape index (κ2) is 7.79. The summed E-state index contributed by atoms with van der Waals surface area (Å²) >= 11 is 1.31. The maximum Gasteiger partial charge on any atom is 0.325 e. The number of carbonyl (C=O) groups is 2. The number of hydrogen-bond donors (Lipinski definition) is 1. The molecule has 1 amide bonds. The molecule has 2 aromatic heterocycles. The molecule has 0 bridgehead atoms. The highest BCUT2D eigenvalue weighted by molar-refractivity contribution is 7.15. The van der Waals surface area contributed by atoms with Gasteiger partial charge in [-0.1, -0.05) is 0 Å². The largest absolute Gasteiger partial charge is 0.497 e. The number of nitrogens with one attached hydrogen (secondary N) is 1. The molecule has 0 saturated carbocycles. The van der Waals surface area contributed by atoms with Crippen LogP contribution in [0.25, 0.3) is 4.96 Å². The van der Waals surface area contributed by atoms with E-state index in [1.54, 1.807) is 35.8 Å². The summed E-state index contributed by atoms with van der Waals surface area (Å²) in [5, 5.41) is 4.22. The van der Waals surface area contributed by atoms with Crippen LogP contribution in [0.3, 0.4) is 0 Å². The number of fused-ring (bicyclic) bond motifs is 1. The Balaban J connectivity index is 1.51. The summed E-state index contributed by atoms with van der Waals surface area (Å²) in [6.07, 6.45) is 1.62. The minimum Gasteiger partial charge on any atom is -0.497 e. The van der Waals surface area contributed by atoms with Crippen LogP contribution in [0.2, 0.25) is 0 Å². The normalized spacial score (nSPS) is 10.5. The van der Waals surface area contributed by atoms with Gasteiger partial charge in [-0.05, 0) is 24.3 Å². The second-order valence-corrected chi connectivity index (χ2v) is 6.09. The van der Waals surface area contributed by atoms with Gasteiger partial charge in [-0.2, -0.15) is 0 Å². The Labute approximate surface area is 152 Å². The molecule has 2 heterocycles. The van der Waals surface area contributed by atoms with E-state index in [2.05, 4.69) is 10.3 Å². The van der Waals surface area contributed by atoms with Gasteiger partial charge in [0.2, 0.25) is 0 Å². The molecule has 0 spiro atoms. The van der Waals surface area contributed by atoms with Gasteiger partial charge in [-0.3, -0.25) is 18.8 Å². The molecule has 9 heteroatoms. The molecule has 0 unspecified atom stereocenters. The van der Waals surface area contributed by atoms with Crippen LogP contribution in [0, 0.1) is 0 Å². The van der Waals surface area contributed by atoms with Gasteiger partial charge in [0.25, 0.3) is 11.5 Å². The van der Waals surface area contributed by atoms with E-state index >= 15 is 0 Å². The van der Waals surface area contributed by atoms with E-state index in [0.29, 0.717) is 22.0 Å². The number of hydrogen-bond acceptors (Lipinski definition) is 7. The number of methoxy groups -OCH3 is 1. The highest BCUT2D eigenvalue weighted by Crippen LogP contribution is 2.11. The van der Waals surface area contributed by atoms with Crippen molar-refractivity contribution < 1.29 is 19.1 Å². The lowest BCUT2D eigenvalue weighted by Gasteiger charge is -2.07. The van der Waals surface area contributed by atoms with E-state index in [1.165, 1.54) is 28.9 Å². The molecule has 0 fully saturated rings. The van der Waals surface area contributed by atoms with E-state index in [9.17, 15) is 14.4 Å². The monoisotopic (exact) mass is 373 g/mol. The van der Waals surface area contributed by atoms with Crippen LogP contribution in [0.4, 0.5) is 0 Å². The third-order valence-electron chi connectivity index (χ3n) is 3.48. The SMILES string of the molecule is COc1ccc(C(=O)NCC(=O)OCc2cc(=O)n3ccsc3n2)cc1. The van der Waals surface area contributed by atoms with Gasteiger partial charge in [0.15, 0.2) is 4.96 Å². The van der Waals surface area contributed by atoms with E-state index in [4.69, 9.17) is 9.47 Å². The third-order valence-corrected chi connectivity index (χ3v) is 4.24. The highest BCUT2D eigenvalue weighted by Gasteiger charge is 2.10. The number of rotatable bonds is 6. The van der Waals surface area contributed by atoms with E-state index in [0.717, 1.165) is 0 Å². The van der Waals surface area contributed by atoms with E-state index < -0.39 is 11.9 Å². The zero-order chi connectivity index (χ0) is 18.5.